The van der Waals surface area contributed by atoms with Crippen molar-refractivity contribution in [3.05, 3.63) is 35.4 Å². The zero-order valence-electron chi connectivity index (χ0n) is 10.1. The van der Waals surface area contributed by atoms with Crippen molar-refractivity contribution in [3.8, 4) is 0 Å². The molecule has 0 amide bonds. The van der Waals surface area contributed by atoms with Crippen LogP contribution in [0.25, 0.3) is 0 Å². The third-order valence-corrected chi connectivity index (χ3v) is 4.13. The van der Waals surface area contributed by atoms with Crippen molar-refractivity contribution in [2.75, 3.05) is 6.54 Å². The van der Waals surface area contributed by atoms with E-state index >= 15 is 0 Å². The summed E-state index contributed by atoms with van der Waals surface area (Å²) in [5.74, 6) is 0. The fourth-order valence-corrected chi connectivity index (χ4v) is 2.54. The molecule has 1 N–H and O–H groups in total. The molecule has 2 fully saturated rings. The van der Waals surface area contributed by atoms with E-state index in [1.165, 1.54) is 44.2 Å². The molecule has 2 aliphatic carbocycles. The Morgan fingerprint density at radius 2 is 1.88 bits per heavy atom. The molecule has 1 aromatic rings. The molecule has 0 spiro atoms. The Morgan fingerprint density at radius 1 is 1.19 bits per heavy atom. The Kier molecular flexibility index (Phi) is 2.51. The summed E-state index contributed by atoms with van der Waals surface area (Å²) in [5.41, 5.74) is 3.47. The van der Waals surface area contributed by atoms with Gasteiger partial charge in [-0.15, -0.1) is 0 Å². The predicted octanol–water partition coefficient (Wildman–Crippen LogP) is 3.17. The summed E-state index contributed by atoms with van der Waals surface area (Å²) < 4.78 is 0. The number of hydrogen-bond donors (Lipinski definition) is 1. The van der Waals surface area contributed by atoms with E-state index in [1.807, 2.05) is 0 Å². The second-order valence-electron chi connectivity index (χ2n) is 5.62. The molecule has 0 atom stereocenters. The van der Waals surface area contributed by atoms with Crippen molar-refractivity contribution in [2.45, 2.75) is 50.5 Å². The minimum absolute atomic E-state index is 0.537. The monoisotopic (exact) mass is 215 g/mol. The molecule has 1 heteroatoms. The van der Waals surface area contributed by atoms with Crippen molar-refractivity contribution < 1.29 is 0 Å². The van der Waals surface area contributed by atoms with E-state index in [2.05, 4.69) is 36.5 Å². The zero-order chi connectivity index (χ0) is 11.0. The average molecular weight is 215 g/mol. The molecule has 0 aromatic heterocycles. The Labute approximate surface area is 98.3 Å². The van der Waals surface area contributed by atoms with Crippen LogP contribution in [0.15, 0.2) is 24.3 Å². The lowest BCUT2D eigenvalue weighted by molar-refractivity contribution is 0.556. The molecular formula is C15H21N. The SMILES string of the molecule is Cc1ccc(C2(CCNC3CC3)CC2)cc1. The second kappa shape index (κ2) is 3.89. The maximum Gasteiger partial charge on any atom is 0.00682 e. The van der Waals surface area contributed by atoms with Crippen LogP contribution in [0.5, 0.6) is 0 Å². The lowest BCUT2D eigenvalue weighted by Crippen LogP contribution is -2.22. The Hall–Kier alpha value is -0.820. The van der Waals surface area contributed by atoms with Crippen molar-refractivity contribution >= 4 is 0 Å². The minimum Gasteiger partial charge on any atom is -0.314 e. The molecular weight excluding hydrogens is 194 g/mol. The molecule has 0 radical (unpaired) electrons. The van der Waals surface area contributed by atoms with Gasteiger partial charge in [-0.3, -0.25) is 0 Å². The van der Waals surface area contributed by atoms with E-state index in [1.54, 1.807) is 5.56 Å². The molecule has 0 unspecified atom stereocenters. The number of benzene rings is 1. The van der Waals surface area contributed by atoms with Crippen LogP contribution in [0.1, 0.15) is 43.2 Å². The van der Waals surface area contributed by atoms with Crippen LogP contribution in [0, 0.1) is 6.92 Å². The highest BCUT2D eigenvalue weighted by atomic mass is 14.9. The molecule has 0 bridgehead atoms. The predicted molar refractivity (Wildman–Crippen MR) is 67.7 cm³/mol. The molecule has 86 valence electrons. The maximum absolute atomic E-state index is 3.63. The van der Waals surface area contributed by atoms with Crippen molar-refractivity contribution in [3.63, 3.8) is 0 Å². The van der Waals surface area contributed by atoms with Gasteiger partial charge in [0.25, 0.3) is 0 Å². The Bertz CT molecular complexity index is 358. The molecule has 0 heterocycles. The normalized spacial score (nSPS) is 22.1. The second-order valence-corrected chi connectivity index (χ2v) is 5.62. The highest BCUT2D eigenvalue weighted by molar-refractivity contribution is 5.33. The maximum atomic E-state index is 3.63. The minimum atomic E-state index is 0.537. The number of rotatable bonds is 5. The molecule has 3 rings (SSSR count). The van der Waals surface area contributed by atoms with E-state index < -0.39 is 0 Å². The van der Waals surface area contributed by atoms with Gasteiger partial charge in [-0.1, -0.05) is 29.8 Å². The first-order valence-corrected chi connectivity index (χ1v) is 6.59. The number of hydrogen-bond acceptors (Lipinski definition) is 1. The van der Waals surface area contributed by atoms with Gasteiger partial charge in [0.15, 0.2) is 0 Å². The molecule has 1 aromatic carbocycles. The summed E-state index contributed by atoms with van der Waals surface area (Å²) in [6.45, 7) is 3.37. The van der Waals surface area contributed by atoms with Gasteiger partial charge in [0, 0.05) is 6.04 Å². The van der Waals surface area contributed by atoms with E-state index in [-0.39, 0.29) is 0 Å². The van der Waals surface area contributed by atoms with E-state index in [0.29, 0.717) is 5.41 Å². The topological polar surface area (TPSA) is 12.0 Å². The third kappa shape index (κ3) is 2.15. The molecule has 0 saturated heterocycles. The number of aryl methyl sites for hydroxylation is 1. The zero-order valence-corrected chi connectivity index (χ0v) is 10.1. The van der Waals surface area contributed by atoms with Gasteiger partial charge in [-0.2, -0.15) is 0 Å². The first-order valence-electron chi connectivity index (χ1n) is 6.59. The molecule has 1 nitrogen and oxygen atoms in total. The van der Waals surface area contributed by atoms with Gasteiger partial charge in [0.1, 0.15) is 0 Å². The summed E-state index contributed by atoms with van der Waals surface area (Å²) in [4.78, 5) is 0. The summed E-state index contributed by atoms with van der Waals surface area (Å²) in [6.07, 6.45) is 6.91. The highest BCUT2D eigenvalue weighted by Gasteiger charge is 2.43. The van der Waals surface area contributed by atoms with Gasteiger partial charge in [0.2, 0.25) is 0 Å². The lowest BCUT2D eigenvalue weighted by atomic mass is 9.92. The molecule has 2 aliphatic rings. The van der Waals surface area contributed by atoms with Crippen molar-refractivity contribution in [1.29, 1.82) is 0 Å². The van der Waals surface area contributed by atoms with Gasteiger partial charge in [0.05, 0.1) is 0 Å². The molecule has 0 aliphatic heterocycles. The van der Waals surface area contributed by atoms with E-state index in [9.17, 15) is 0 Å². The first-order chi connectivity index (χ1) is 7.78. The van der Waals surface area contributed by atoms with Crippen molar-refractivity contribution in [2.24, 2.45) is 0 Å². The van der Waals surface area contributed by atoms with Crippen molar-refractivity contribution in [1.82, 2.24) is 5.32 Å². The standard InChI is InChI=1S/C15H21N/c1-12-2-4-13(5-3-12)15(8-9-15)10-11-16-14-6-7-14/h2-5,14,16H,6-11H2,1H3. The first kappa shape index (κ1) is 10.3. The Morgan fingerprint density at radius 3 is 2.44 bits per heavy atom. The molecule has 16 heavy (non-hydrogen) atoms. The van der Waals surface area contributed by atoms with Gasteiger partial charge in [-0.05, 0) is 56.6 Å². The summed E-state index contributed by atoms with van der Waals surface area (Å²) >= 11 is 0. The van der Waals surface area contributed by atoms with Gasteiger partial charge in [-0.25, -0.2) is 0 Å². The quantitative estimate of drug-likeness (QED) is 0.795. The van der Waals surface area contributed by atoms with Crippen LogP contribution in [0.3, 0.4) is 0 Å². The highest BCUT2D eigenvalue weighted by Crippen LogP contribution is 2.50. The van der Waals surface area contributed by atoms with Crippen LogP contribution < -0.4 is 5.32 Å². The summed E-state index contributed by atoms with van der Waals surface area (Å²) in [5, 5.41) is 3.63. The van der Waals surface area contributed by atoms with Crippen LogP contribution in [0.2, 0.25) is 0 Å². The van der Waals surface area contributed by atoms with E-state index in [0.717, 1.165) is 6.04 Å². The molecule has 2 saturated carbocycles. The fourth-order valence-electron chi connectivity index (χ4n) is 2.54. The lowest BCUT2D eigenvalue weighted by Gasteiger charge is -2.16. The van der Waals surface area contributed by atoms with Gasteiger partial charge < -0.3 is 5.32 Å². The Balaban J connectivity index is 1.60. The van der Waals surface area contributed by atoms with Crippen LogP contribution in [0.4, 0.5) is 0 Å². The summed E-state index contributed by atoms with van der Waals surface area (Å²) in [7, 11) is 0. The third-order valence-electron chi connectivity index (χ3n) is 4.13. The average Bonchev–Trinajstić information content (AvgIpc) is 3.14. The smallest absolute Gasteiger partial charge is 0.00682 e. The van der Waals surface area contributed by atoms with Crippen LogP contribution >= 0.6 is 0 Å². The number of nitrogens with one attached hydrogen (secondary N) is 1. The fraction of sp³-hybridized carbons (Fsp3) is 0.600. The van der Waals surface area contributed by atoms with Crippen LogP contribution in [-0.2, 0) is 5.41 Å². The summed E-state index contributed by atoms with van der Waals surface area (Å²) in [6, 6.07) is 10.0. The van der Waals surface area contributed by atoms with Gasteiger partial charge >= 0.3 is 0 Å². The largest absolute Gasteiger partial charge is 0.314 e. The van der Waals surface area contributed by atoms with E-state index in [4.69, 9.17) is 0 Å². The van der Waals surface area contributed by atoms with Crippen LogP contribution in [-0.4, -0.2) is 12.6 Å².